The van der Waals surface area contributed by atoms with E-state index in [9.17, 15) is 14.7 Å². The van der Waals surface area contributed by atoms with Crippen LogP contribution in [0.4, 0.5) is 0 Å². The van der Waals surface area contributed by atoms with Gasteiger partial charge in [-0.2, -0.15) is 0 Å². The zero-order chi connectivity index (χ0) is 22.4. The summed E-state index contributed by atoms with van der Waals surface area (Å²) in [7, 11) is 3.01. The summed E-state index contributed by atoms with van der Waals surface area (Å²) >= 11 is 0. The molecule has 1 atom stereocenters. The largest absolute Gasteiger partial charge is 0.493 e. The quantitative estimate of drug-likeness (QED) is 0.529. The lowest BCUT2D eigenvalue weighted by Crippen LogP contribution is -2.39. The van der Waals surface area contributed by atoms with Gasteiger partial charge in [0, 0.05) is 6.54 Å². The lowest BCUT2D eigenvalue weighted by molar-refractivity contribution is -0.122. The number of aliphatic hydroxyl groups excluding tert-OH is 1. The molecule has 3 rings (SSSR count). The Hall–Kier alpha value is -3.59. The predicted octanol–water partition coefficient (Wildman–Crippen LogP) is 1.28. The molecule has 0 aliphatic heterocycles. The van der Waals surface area contributed by atoms with E-state index < -0.39 is 12.0 Å². The Kier molecular flexibility index (Phi) is 7.09. The number of carbonyl (C=O) groups excluding carboxylic acids is 1. The lowest BCUT2D eigenvalue weighted by Gasteiger charge is -2.17. The summed E-state index contributed by atoms with van der Waals surface area (Å²) in [5, 5.41) is 13.3. The third kappa shape index (κ3) is 5.13. The highest BCUT2D eigenvalue weighted by atomic mass is 16.5. The Bertz CT molecular complexity index is 1110. The van der Waals surface area contributed by atoms with Gasteiger partial charge in [0.25, 0.3) is 5.56 Å². The number of hydrogen-bond donors (Lipinski definition) is 2. The summed E-state index contributed by atoms with van der Waals surface area (Å²) in [5.74, 6) is 1.31. The molecule has 0 fully saturated rings. The maximum Gasteiger partial charge on any atom is 0.261 e. The standard InChI is InChI=1S/C22H25N3O6/c1-14-24-17-8-5-4-7-16(17)22(28)25(14)12-20(27)23-11-15(26)13-31-21-18(29-2)9-6-10-19(21)30-3/h4-10,15,26H,11-13H2,1-3H3,(H,23,27). The number of hydrogen-bond acceptors (Lipinski definition) is 7. The molecule has 0 saturated heterocycles. The average Bonchev–Trinajstić information content (AvgIpc) is 2.78. The van der Waals surface area contributed by atoms with Crippen LogP contribution < -0.4 is 25.1 Å². The summed E-state index contributed by atoms with van der Waals surface area (Å²) in [6.45, 7) is 1.33. The van der Waals surface area contributed by atoms with Crippen LogP contribution in [0.1, 0.15) is 5.82 Å². The van der Waals surface area contributed by atoms with Gasteiger partial charge in [-0.05, 0) is 31.2 Å². The second-order valence-electron chi connectivity index (χ2n) is 6.83. The van der Waals surface area contributed by atoms with Crippen LogP contribution in [0.25, 0.3) is 10.9 Å². The van der Waals surface area contributed by atoms with E-state index in [0.717, 1.165) is 0 Å². The molecule has 1 aromatic heterocycles. The van der Waals surface area contributed by atoms with Crippen molar-refractivity contribution in [2.75, 3.05) is 27.4 Å². The third-order valence-corrected chi connectivity index (χ3v) is 4.69. The van der Waals surface area contributed by atoms with Crippen molar-refractivity contribution in [3.05, 3.63) is 58.6 Å². The molecule has 9 heteroatoms. The molecule has 3 aromatic rings. The Morgan fingerprint density at radius 3 is 2.48 bits per heavy atom. The first-order valence-corrected chi connectivity index (χ1v) is 9.69. The number of nitrogens with zero attached hydrogens (tertiary/aromatic N) is 2. The van der Waals surface area contributed by atoms with Crippen LogP contribution in [-0.4, -0.2) is 54.0 Å². The van der Waals surface area contributed by atoms with E-state index in [2.05, 4.69) is 10.3 Å². The summed E-state index contributed by atoms with van der Waals surface area (Å²) in [6.07, 6.45) is -0.980. The smallest absolute Gasteiger partial charge is 0.261 e. The minimum absolute atomic E-state index is 0.0505. The average molecular weight is 427 g/mol. The van der Waals surface area contributed by atoms with E-state index in [1.54, 1.807) is 49.4 Å². The second-order valence-corrected chi connectivity index (χ2v) is 6.83. The number of aryl methyl sites for hydroxylation is 1. The van der Waals surface area contributed by atoms with Crippen LogP contribution >= 0.6 is 0 Å². The van der Waals surface area contributed by atoms with Crippen molar-refractivity contribution in [2.45, 2.75) is 19.6 Å². The number of para-hydroxylation sites is 2. The maximum absolute atomic E-state index is 12.7. The number of aromatic nitrogens is 2. The number of aliphatic hydroxyl groups is 1. The predicted molar refractivity (Wildman–Crippen MR) is 115 cm³/mol. The van der Waals surface area contributed by atoms with Crippen LogP contribution in [0.2, 0.25) is 0 Å². The lowest BCUT2D eigenvalue weighted by atomic mass is 10.2. The minimum Gasteiger partial charge on any atom is -0.493 e. The number of benzene rings is 2. The van der Waals surface area contributed by atoms with Crippen LogP contribution in [0.5, 0.6) is 17.2 Å². The van der Waals surface area contributed by atoms with E-state index in [0.29, 0.717) is 34.0 Å². The first-order chi connectivity index (χ1) is 14.9. The molecule has 1 heterocycles. The molecular formula is C22H25N3O6. The van der Waals surface area contributed by atoms with Gasteiger partial charge < -0.3 is 24.6 Å². The van der Waals surface area contributed by atoms with Gasteiger partial charge in [-0.1, -0.05) is 18.2 Å². The highest BCUT2D eigenvalue weighted by Crippen LogP contribution is 2.36. The van der Waals surface area contributed by atoms with Crippen LogP contribution in [-0.2, 0) is 11.3 Å². The van der Waals surface area contributed by atoms with Crippen molar-refractivity contribution < 1.29 is 24.1 Å². The first-order valence-electron chi connectivity index (χ1n) is 9.69. The van der Waals surface area contributed by atoms with Crippen LogP contribution in [0, 0.1) is 6.92 Å². The molecule has 0 radical (unpaired) electrons. The van der Waals surface area contributed by atoms with Gasteiger partial charge in [-0.3, -0.25) is 14.2 Å². The van der Waals surface area contributed by atoms with Gasteiger partial charge >= 0.3 is 0 Å². The molecule has 9 nitrogen and oxygen atoms in total. The highest BCUT2D eigenvalue weighted by molar-refractivity contribution is 5.79. The van der Waals surface area contributed by atoms with Crippen molar-refractivity contribution in [2.24, 2.45) is 0 Å². The molecule has 1 amide bonds. The fourth-order valence-corrected chi connectivity index (χ4v) is 3.09. The Morgan fingerprint density at radius 1 is 1.13 bits per heavy atom. The summed E-state index contributed by atoms with van der Waals surface area (Å²) in [4.78, 5) is 29.4. The Morgan fingerprint density at radius 2 is 1.81 bits per heavy atom. The van der Waals surface area contributed by atoms with Gasteiger partial charge in [-0.15, -0.1) is 0 Å². The molecule has 0 saturated carbocycles. The van der Waals surface area contributed by atoms with Crippen LogP contribution in [0.3, 0.4) is 0 Å². The summed E-state index contributed by atoms with van der Waals surface area (Å²) in [6, 6.07) is 12.2. The summed E-state index contributed by atoms with van der Waals surface area (Å²) < 4.78 is 17.4. The van der Waals surface area contributed by atoms with E-state index in [1.165, 1.54) is 18.8 Å². The van der Waals surface area contributed by atoms with E-state index >= 15 is 0 Å². The second kappa shape index (κ2) is 9.94. The van der Waals surface area contributed by atoms with E-state index in [1.807, 2.05) is 0 Å². The van der Waals surface area contributed by atoms with Gasteiger partial charge in [-0.25, -0.2) is 4.98 Å². The molecule has 0 aliphatic carbocycles. The number of fused-ring (bicyclic) bond motifs is 1. The molecular weight excluding hydrogens is 402 g/mol. The molecule has 2 aromatic carbocycles. The van der Waals surface area contributed by atoms with E-state index in [4.69, 9.17) is 14.2 Å². The number of ether oxygens (including phenoxy) is 3. The number of nitrogens with one attached hydrogen (secondary N) is 1. The number of rotatable bonds is 9. The first kappa shape index (κ1) is 22.1. The highest BCUT2D eigenvalue weighted by Gasteiger charge is 2.16. The number of amides is 1. The van der Waals surface area contributed by atoms with Gasteiger partial charge in [0.2, 0.25) is 11.7 Å². The monoisotopic (exact) mass is 427 g/mol. The molecule has 1 unspecified atom stereocenters. The zero-order valence-corrected chi connectivity index (χ0v) is 17.6. The maximum atomic E-state index is 12.7. The molecule has 0 aliphatic rings. The Balaban J connectivity index is 1.58. The van der Waals surface area contributed by atoms with Crippen molar-refractivity contribution in [1.82, 2.24) is 14.9 Å². The SMILES string of the molecule is COc1cccc(OC)c1OCC(O)CNC(=O)Cn1c(C)nc2ccccc2c1=O. The molecule has 2 N–H and O–H groups in total. The number of carbonyl (C=O) groups is 1. The van der Waals surface area contributed by atoms with Crippen molar-refractivity contribution in [3.63, 3.8) is 0 Å². The fourth-order valence-electron chi connectivity index (χ4n) is 3.09. The molecule has 0 spiro atoms. The topological polar surface area (TPSA) is 112 Å². The fraction of sp³-hybridized carbons (Fsp3) is 0.318. The molecule has 31 heavy (non-hydrogen) atoms. The molecule has 0 bridgehead atoms. The van der Waals surface area contributed by atoms with Crippen molar-refractivity contribution >= 4 is 16.8 Å². The minimum atomic E-state index is -0.980. The van der Waals surface area contributed by atoms with Crippen molar-refractivity contribution in [1.29, 1.82) is 0 Å². The van der Waals surface area contributed by atoms with Crippen LogP contribution in [0.15, 0.2) is 47.3 Å². The normalized spacial score (nSPS) is 11.7. The zero-order valence-electron chi connectivity index (χ0n) is 17.6. The van der Waals surface area contributed by atoms with E-state index in [-0.39, 0.29) is 25.3 Å². The third-order valence-electron chi connectivity index (χ3n) is 4.69. The summed E-state index contributed by atoms with van der Waals surface area (Å²) in [5.41, 5.74) is 0.298. The van der Waals surface area contributed by atoms with Gasteiger partial charge in [0.15, 0.2) is 11.5 Å². The number of methoxy groups -OCH3 is 2. The van der Waals surface area contributed by atoms with Crippen molar-refractivity contribution in [3.8, 4) is 17.2 Å². The van der Waals surface area contributed by atoms with Gasteiger partial charge in [0.1, 0.15) is 25.1 Å². The molecule has 164 valence electrons. The Labute approximate surface area is 179 Å². The van der Waals surface area contributed by atoms with Gasteiger partial charge in [0.05, 0.1) is 25.1 Å².